The van der Waals surface area contributed by atoms with E-state index in [-0.39, 0.29) is 24.5 Å². The van der Waals surface area contributed by atoms with Crippen LogP contribution >= 0.6 is 0 Å². The molecule has 0 radical (unpaired) electrons. The maximum atomic E-state index is 10.4. The fourth-order valence-corrected chi connectivity index (χ4v) is 2.59. The van der Waals surface area contributed by atoms with Gasteiger partial charge in [-0.05, 0) is 26.2 Å². The SMILES string of the molecule is CC1OC(C)C(c2nnc(CCCC(=O)O)o2)C1C. The first kappa shape index (κ1) is 14.0. The maximum Gasteiger partial charge on any atom is 0.303 e. The number of nitrogens with zero attached hydrogens (tertiary/aromatic N) is 2. The number of aryl methyl sites for hydroxylation is 1. The second-order valence-corrected chi connectivity index (χ2v) is 5.21. The Balaban J connectivity index is 1.98. The molecule has 1 N–H and O–H groups in total. The van der Waals surface area contributed by atoms with E-state index < -0.39 is 5.97 Å². The van der Waals surface area contributed by atoms with Gasteiger partial charge >= 0.3 is 5.97 Å². The minimum Gasteiger partial charge on any atom is -0.481 e. The summed E-state index contributed by atoms with van der Waals surface area (Å²) in [6, 6.07) is 0. The number of hydrogen-bond donors (Lipinski definition) is 1. The van der Waals surface area contributed by atoms with E-state index in [1.807, 2.05) is 13.8 Å². The van der Waals surface area contributed by atoms with Gasteiger partial charge in [0.15, 0.2) is 0 Å². The lowest BCUT2D eigenvalue weighted by Gasteiger charge is -2.13. The largest absolute Gasteiger partial charge is 0.481 e. The van der Waals surface area contributed by atoms with Gasteiger partial charge in [-0.3, -0.25) is 4.79 Å². The van der Waals surface area contributed by atoms with Crippen LogP contribution in [-0.2, 0) is 16.0 Å². The van der Waals surface area contributed by atoms with Crippen molar-refractivity contribution in [2.75, 3.05) is 0 Å². The molecular formula is C13H20N2O4. The number of aromatic nitrogens is 2. The van der Waals surface area contributed by atoms with Crippen LogP contribution in [0.2, 0.25) is 0 Å². The van der Waals surface area contributed by atoms with E-state index in [1.54, 1.807) is 0 Å². The number of carbonyl (C=O) groups is 1. The molecule has 4 unspecified atom stereocenters. The van der Waals surface area contributed by atoms with Gasteiger partial charge in [-0.2, -0.15) is 0 Å². The summed E-state index contributed by atoms with van der Waals surface area (Å²) in [6.07, 6.45) is 1.39. The monoisotopic (exact) mass is 268 g/mol. The normalized spacial score (nSPS) is 30.7. The number of hydrogen-bond acceptors (Lipinski definition) is 5. The molecular weight excluding hydrogens is 248 g/mol. The van der Waals surface area contributed by atoms with Gasteiger partial charge in [0.1, 0.15) is 0 Å². The summed E-state index contributed by atoms with van der Waals surface area (Å²) in [5.74, 6) is 0.767. The number of ether oxygens (including phenoxy) is 1. The summed E-state index contributed by atoms with van der Waals surface area (Å²) in [5.41, 5.74) is 0. The molecule has 1 aromatic heterocycles. The van der Waals surface area contributed by atoms with Crippen LogP contribution in [0.15, 0.2) is 4.42 Å². The lowest BCUT2D eigenvalue weighted by molar-refractivity contribution is -0.137. The van der Waals surface area contributed by atoms with E-state index in [4.69, 9.17) is 14.3 Å². The van der Waals surface area contributed by atoms with Gasteiger partial charge in [0.25, 0.3) is 0 Å². The van der Waals surface area contributed by atoms with Crippen molar-refractivity contribution >= 4 is 5.97 Å². The molecule has 4 atom stereocenters. The molecule has 1 aliphatic heterocycles. The van der Waals surface area contributed by atoms with Gasteiger partial charge in [0, 0.05) is 12.8 Å². The summed E-state index contributed by atoms with van der Waals surface area (Å²) >= 11 is 0. The van der Waals surface area contributed by atoms with Crippen LogP contribution in [-0.4, -0.2) is 33.5 Å². The molecule has 1 fully saturated rings. The fraction of sp³-hybridized carbons (Fsp3) is 0.769. The quantitative estimate of drug-likeness (QED) is 0.879. The van der Waals surface area contributed by atoms with Crippen molar-refractivity contribution in [1.82, 2.24) is 10.2 Å². The molecule has 0 aromatic carbocycles. The molecule has 2 rings (SSSR count). The van der Waals surface area contributed by atoms with Crippen LogP contribution in [0.1, 0.15) is 51.3 Å². The Morgan fingerprint density at radius 3 is 2.58 bits per heavy atom. The average molecular weight is 268 g/mol. The first-order chi connectivity index (χ1) is 8.99. The van der Waals surface area contributed by atoms with E-state index in [9.17, 15) is 4.79 Å². The molecule has 6 nitrogen and oxygen atoms in total. The summed E-state index contributed by atoms with van der Waals surface area (Å²) in [4.78, 5) is 10.4. The Morgan fingerprint density at radius 1 is 1.26 bits per heavy atom. The Bertz CT molecular complexity index is 446. The molecule has 19 heavy (non-hydrogen) atoms. The molecule has 0 saturated carbocycles. The predicted molar refractivity (Wildman–Crippen MR) is 66.8 cm³/mol. The van der Waals surface area contributed by atoms with E-state index >= 15 is 0 Å². The lowest BCUT2D eigenvalue weighted by atomic mass is 9.89. The third kappa shape index (κ3) is 3.12. The first-order valence-electron chi connectivity index (χ1n) is 6.68. The van der Waals surface area contributed by atoms with Crippen LogP contribution in [0.5, 0.6) is 0 Å². The third-order valence-electron chi connectivity index (χ3n) is 3.79. The van der Waals surface area contributed by atoms with Crippen LogP contribution in [0.4, 0.5) is 0 Å². The van der Waals surface area contributed by atoms with Crippen LogP contribution < -0.4 is 0 Å². The number of carboxylic acids is 1. The smallest absolute Gasteiger partial charge is 0.303 e. The minimum absolute atomic E-state index is 0.0670. The predicted octanol–water partition coefficient (Wildman–Crippen LogP) is 2.00. The van der Waals surface area contributed by atoms with E-state index in [0.717, 1.165) is 0 Å². The summed E-state index contributed by atoms with van der Waals surface area (Å²) in [7, 11) is 0. The summed E-state index contributed by atoms with van der Waals surface area (Å²) in [6.45, 7) is 6.18. The molecule has 6 heteroatoms. The Labute approximate surface area is 112 Å². The highest BCUT2D eigenvalue weighted by molar-refractivity contribution is 5.66. The second-order valence-electron chi connectivity index (χ2n) is 5.21. The maximum absolute atomic E-state index is 10.4. The van der Waals surface area contributed by atoms with Gasteiger partial charge in [-0.15, -0.1) is 10.2 Å². The van der Waals surface area contributed by atoms with E-state index in [0.29, 0.717) is 30.5 Å². The molecule has 106 valence electrons. The van der Waals surface area contributed by atoms with Crippen molar-refractivity contribution in [2.24, 2.45) is 5.92 Å². The van der Waals surface area contributed by atoms with Crippen LogP contribution in [0, 0.1) is 5.92 Å². The van der Waals surface area contributed by atoms with E-state index in [1.165, 1.54) is 0 Å². The fourth-order valence-electron chi connectivity index (χ4n) is 2.59. The topological polar surface area (TPSA) is 85.5 Å². The third-order valence-corrected chi connectivity index (χ3v) is 3.79. The first-order valence-corrected chi connectivity index (χ1v) is 6.68. The zero-order valence-electron chi connectivity index (χ0n) is 11.5. The number of carboxylic acid groups (broad SMARTS) is 1. The molecule has 0 aliphatic carbocycles. The van der Waals surface area contributed by atoms with Gasteiger partial charge < -0.3 is 14.3 Å². The molecule has 0 bridgehead atoms. The molecule has 1 aliphatic rings. The van der Waals surface area contributed by atoms with Crippen LogP contribution in [0.25, 0.3) is 0 Å². The van der Waals surface area contributed by atoms with E-state index in [2.05, 4.69) is 17.1 Å². The average Bonchev–Trinajstić information content (AvgIpc) is 2.85. The van der Waals surface area contributed by atoms with Crippen molar-refractivity contribution < 1.29 is 19.1 Å². The van der Waals surface area contributed by atoms with Crippen LogP contribution in [0.3, 0.4) is 0 Å². The van der Waals surface area contributed by atoms with Gasteiger partial charge in [0.2, 0.25) is 11.8 Å². The van der Waals surface area contributed by atoms with Crippen molar-refractivity contribution in [3.05, 3.63) is 11.8 Å². The Morgan fingerprint density at radius 2 is 2.00 bits per heavy atom. The summed E-state index contributed by atoms with van der Waals surface area (Å²) in [5, 5.41) is 16.7. The Kier molecular flexibility index (Phi) is 4.19. The minimum atomic E-state index is -0.806. The number of rotatable bonds is 5. The zero-order valence-corrected chi connectivity index (χ0v) is 11.5. The van der Waals surface area contributed by atoms with Gasteiger partial charge in [0.05, 0.1) is 18.1 Å². The van der Waals surface area contributed by atoms with Crippen molar-refractivity contribution in [1.29, 1.82) is 0 Å². The molecule has 2 heterocycles. The Hall–Kier alpha value is -1.43. The highest BCUT2D eigenvalue weighted by Crippen LogP contribution is 2.39. The van der Waals surface area contributed by atoms with Crippen molar-refractivity contribution in [3.8, 4) is 0 Å². The molecule has 0 spiro atoms. The standard InChI is InChI=1S/C13H20N2O4/c1-7-8(2)18-9(3)12(7)13-15-14-10(19-13)5-4-6-11(16)17/h7-9,12H,4-6H2,1-3H3,(H,16,17). The second kappa shape index (κ2) is 5.69. The van der Waals surface area contributed by atoms with Crippen molar-refractivity contribution in [3.63, 3.8) is 0 Å². The highest BCUT2D eigenvalue weighted by atomic mass is 16.5. The molecule has 1 saturated heterocycles. The zero-order chi connectivity index (χ0) is 14.0. The molecule has 1 aromatic rings. The highest BCUT2D eigenvalue weighted by Gasteiger charge is 2.41. The lowest BCUT2D eigenvalue weighted by Crippen LogP contribution is -2.15. The van der Waals surface area contributed by atoms with Gasteiger partial charge in [-0.1, -0.05) is 6.92 Å². The van der Waals surface area contributed by atoms with Crippen molar-refractivity contribution in [2.45, 2.75) is 58.2 Å². The number of aliphatic carboxylic acids is 1. The molecule has 0 amide bonds. The van der Waals surface area contributed by atoms with Gasteiger partial charge in [-0.25, -0.2) is 0 Å². The summed E-state index contributed by atoms with van der Waals surface area (Å²) < 4.78 is 11.4.